The minimum Gasteiger partial charge on any atom is -0.299 e. The Morgan fingerprint density at radius 1 is 0.868 bits per heavy atom. The van der Waals surface area contributed by atoms with Gasteiger partial charge in [0.25, 0.3) is 0 Å². The zero-order valence-corrected chi connectivity index (χ0v) is 23.8. The molecule has 1 aromatic carbocycles. The van der Waals surface area contributed by atoms with Gasteiger partial charge in [0.2, 0.25) is 0 Å². The van der Waals surface area contributed by atoms with E-state index in [0.29, 0.717) is 11.8 Å². The lowest BCUT2D eigenvalue weighted by Gasteiger charge is -2.30. The van der Waals surface area contributed by atoms with Crippen LogP contribution in [0.25, 0.3) is 17.1 Å². The quantitative estimate of drug-likeness (QED) is 0.321. The number of rotatable bonds is 7. The highest BCUT2D eigenvalue weighted by molar-refractivity contribution is 5.66. The number of hydrogen-bond donors (Lipinski definition) is 0. The highest BCUT2D eigenvalue weighted by Crippen LogP contribution is 2.43. The van der Waals surface area contributed by atoms with Crippen LogP contribution < -0.4 is 0 Å². The van der Waals surface area contributed by atoms with Gasteiger partial charge >= 0.3 is 0 Å². The Bertz CT molecular complexity index is 1410. The molecule has 2 aliphatic carbocycles. The zero-order valence-electron chi connectivity index (χ0n) is 23.8. The Kier molecular flexibility index (Phi) is 7.65. The van der Waals surface area contributed by atoms with Crippen LogP contribution in [0.3, 0.4) is 0 Å². The standard InChI is InChI=1S/C35H41N3/c1-23(2)31-20-28(33(27-13-8-7-9-14-27)29-15-11-10-12-25(29)5)21-32(24(3)4)34(31)38-19-18-37-35(38)30-16-17-36-22-26(30)6/h8,11,13-24,33H,7,9-10,12H2,1-6H3. The van der Waals surface area contributed by atoms with Crippen molar-refractivity contribution in [2.75, 3.05) is 0 Å². The fourth-order valence-electron chi connectivity index (χ4n) is 5.98. The monoisotopic (exact) mass is 503 g/mol. The molecule has 5 rings (SSSR count). The van der Waals surface area contributed by atoms with Crippen molar-refractivity contribution >= 4 is 0 Å². The van der Waals surface area contributed by atoms with Gasteiger partial charge < -0.3 is 0 Å². The van der Waals surface area contributed by atoms with E-state index in [9.17, 15) is 0 Å². The summed E-state index contributed by atoms with van der Waals surface area (Å²) >= 11 is 0. The molecule has 3 aromatic rings. The molecule has 0 saturated heterocycles. The Morgan fingerprint density at radius 2 is 1.61 bits per heavy atom. The van der Waals surface area contributed by atoms with Crippen LogP contribution in [0.5, 0.6) is 0 Å². The van der Waals surface area contributed by atoms with Crippen molar-refractivity contribution in [1.29, 1.82) is 0 Å². The van der Waals surface area contributed by atoms with Gasteiger partial charge in [0.1, 0.15) is 5.82 Å². The molecule has 196 valence electrons. The van der Waals surface area contributed by atoms with Crippen molar-refractivity contribution in [2.45, 2.75) is 85.0 Å². The van der Waals surface area contributed by atoms with Gasteiger partial charge in [0, 0.05) is 36.3 Å². The summed E-state index contributed by atoms with van der Waals surface area (Å²) < 4.78 is 2.32. The topological polar surface area (TPSA) is 30.7 Å². The van der Waals surface area contributed by atoms with E-state index >= 15 is 0 Å². The van der Waals surface area contributed by atoms with E-state index in [0.717, 1.165) is 42.6 Å². The summed E-state index contributed by atoms with van der Waals surface area (Å²) in [4.78, 5) is 9.16. The lowest BCUT2D eigenvalue weighted by Crippen LogP contribution is -2.14. The lowest BCUT2D eigenvalue weighted by atomic mass is 9.76. The molecule has 0 saturated carbocycles. The van der Waals surface area contributed by atoms with Crippen molar-refractivity contribution in [3.63, 3.8) is 0 Å². The van der Waals surface area contributed by atoms with Crippen molar-refractivity contribution in [1.82, 2.24) is 14.5 Å². The van der Waals surface area contributed by atoms with Crippen LogP contribution in [-0.4, -0.2) is 14.5 Å². The van der Waals surface area contributed by atoms with Crippen LogP contribution in [0.4, 0.5) is 0 Å². The maximum Gasteiger partial charge on any atom is 0.144 e. The summed E-state index contributed by atoms with van der Waals surface area (Å²) in [7, 11) is 0. The Morgan fingerprint density at radius 3 is 2.24 bits per heavy atom. The third kappa shape index (κ3) is 4.99. The number of allylic oxidation sites excluding steroid dienone is 8. The zero-order chi connectivity index (χ0) is 26.8. The number of imidazole rings is 1. The third-order valence-corrected chi connectivity index (χ3v) is 8.06. The van der Waals surface area contributed by atoms with E-state index in [1.54, 1.807) is 0 Å². The van der Waals surface area contributed by atoms with E-state index in [4.69, 9.17) is 4.98 Å². The van der Waals surface area contributed by atoms with Gasteiger partial charge in [-0.25, -0.2) is 4.98 Å². The molecule has 0 radical (unpaired) electrons. The average Bonchev–Trinajstić information content (AvgIpc) is 3.39. The first kappa shape index (κ1) is 26.2. The molecule has 38 heavy (non-hydrogen) atoms. The maximum atomic E-state index is 4.84. The molecule has 0 bridgehead atoms. The number of hydrogen-bond acceptors (Lipinski definition) is 2. The Balaban J connectivity index is 1.76. The largest absolute Gasteiger partial charge is 0.299 e. The molecule has 0 N–H and O–H groups in total. The van der Waals surface area contributed by atoms with Gasteiger partial charge in [-0.1, -0.05) is 75.8 Å². The summed E-state index contributed by atoms with van der Waals surface area (Å²) in [5, 5.41) is 0. The molecular weight excluding hydrogens is 462 g/mol. The fraction of sp³-hybridized carbons (Fsp3) is 0.371. The van der Waals surface area contributed by atoms with E-state index in [1.807, 2.05) is 18.6 Å². The van der Waals surface area contributed by atoms with Crippen LogP contribution in [0.15, 0.2) is 90.1 Å². The molecule has 2 aromatic heterocycles. The molecule has 2 heterocycles. The molecule has 0 fully saturated rings. The molecule has 1 unspecified atom stereocenters. The van der Waals surface area contributed by atoms with E-state index < -0.39 is 0 Å². The lowest BCUT2D eigenvalue weighted by molar-refractivity contribution is 0.791. The summed E-state index contributed by atoms with van der Waals surface area (Å²) in [5.74, 6) is 1.97. The Labute approximate surface area is 228 Å². The normalized spacial score (nSPS) is 16.5. The molecule has 3 nitrogen and oxygen atoms in total. The minimum absolute atomic E-state index is 0.261. The third-order valence-electron chi connectivity index (χ3n) is 8.06. The van der Waals surface area contributed by atoms with Crippen LogP contribution in [0, 0.1) is 6.92 Å². The number of pyridine rings is 1. The number of aromatic nitrogens is 3. The molecule has 0 aliphatic heterocycles. The van der Waals surface area contributed by atoms with Crippen LogP contribution in [0.2, 0.25) is 0 Å². The highest BCUT2D eigenvalue weighted by Gasteiger charge is 2.27. The van der Waals surface area contributed by atoms with Crippen molar-refractivity contribution in [3.05, 3.63) is 112 Å². The van der Waals surface area contributed by atoms with Crippen molar-refractivity contribution < 1.29 is 0 Å². The number of nitrogens with zero attached hydrogens (tertiary/aromatic N) is 3. The molecule has 0 spiro atoms. The highest BCUT2D eigenvalue weighted by atomic mass is 15.1. The smallest absolute Gasteiger partial charge is 0.144 e. The van der Waals surface area contributed by atoms with Gasteiger partial charge in [-0.3, -0.25) is 9.55 Å². The average molecular weight is 504 g/mol. The first-order valence-electron chi connectivity index (χ1n) is 14.2. The summed E-state index contributed by atoms with van der Waals surface area (Å²) in [6.45, 7) is 13.7. The first-order chi connectivity index (χ1) is 18.4. The van der Waals surface area contributed by atoms with Gasteiger partial charge in [-0.15, -0.1) is 0 Å². The molecule has 2 aliphatic rings. The first-order valence-corrected chi connectivity index (χ1v) is 14.2. The van der Waals surface area contributed by atoms with Crippen LogP contribution in [-0.2, 0) is 0 Å². The molecule has 3 heteroatoms. The molecule has 1 atom stereocenters. The van der Waals surface area contributed by atoms with Gasteiger partial charge in [0.15, 0.2) is 0 Å². The van der Waals surface area contributed by atoms with Crippen LogP contribution in [0.1, 0.15) is 100 Å². The van der Waals surface area contributed by atoms with E-state index in [-0.39, 0.29) is 5.92 Å². The number of aryl methyl sites for hydroxylation is 1. The van der Waals surface area contributed by atoms with E-state index in [2.05, 4.69) is 106 Å². The molecule has 0 amide bonds. The maximum absolute atomic E-state index is 4.84. The fourth-order valence-corrected chi connectivity index (χ4v) is 5.98. The minimum atomic E-state index is 0.261. The van der Waals surface area contributed by atoms with Gasteiger partial charge in [-0.2, -0.15) is 0 Å². The number of benzene rings is 1. The second-order valence-corrected chi connectivity index (χ2v) is 11.5. The predicted octanol–water partition coefficient (Wildman–Crippen LogP) is 9.52. The van der Waals surface area contributed by atoms with Gasteiger partial charge in [0.05, 0.1) is 5.69 Å². The SMILES string of the molecule is CC1=C(C(C2=CCCC=C2)c2cc(C(C)C)c(-n3ccnc3-c3ccncc3C)c(C(C)C)c2)C=CCC1. The predicted molar refractivity (Wildman–Crippen MR) is 160 cm³/mol. The summed E-state index contributed by atoms with van der Waals surface area (Å²) in [6.07, 6.45) is 24.3. The van der Waals surface area contributed by atoms with Crippen molar-refractivity contribution in [3.8, 4) is 17.1 Å². The second-order valence-electron chi connectivity index (χ2n) is 11.5. The molecular formula is C35H41N3. The van der Waals surface area contributed by atoms with E-state index in [1.165, 1.54) is 39.1 Å². The summed E-state index contributed by atoms with van der Waals surface area (Å²) in [5.41, 5.74) is 12.1. The second kappa shape index (κ2) is 11.1. The summed E-state index contributed by atoms with van der Waals surface area (Å²) in [6, 6.07) is 7.06. The van der Waals surface area contributed by atoms with Crippen LogP contribution >= 0.6 is 0 Å². The van der Waals surface area contributed by atoms with Gasteiger partial charge in [-0.05, 0) is 90.8 Å². The van der Waals surface area contributed by atoms with Crippen molar-refractivity contribution in [2.24, 2.45) is 0 Å². The Hall–Kier alpha value is -3.46.